The van der Waals surface area contributed by atoms with E-state index in [4.69, 9.17) is 8.85 Å². The fourth-order valence-corrected chi connectivity index (χ4v) is 13.9. The number of aliphatic hydroxyl groups is 1. The van der Waals surface area contributed by atoms with E-state index in [-0.39, 0.29) is 90.9 Å². The largest absolute Gasteiger partial charge is 0.541 e. The fraction of sp³-hybridized carbons (Fsp3) is 0.431. The molecule has 0 amide bonds. The highest BCUT2D eigenvalue weighted by Crippen LogP contribution is 2.52. The number of alkyl halides is 7. The highest BCUT2D eigenvalue weighted by molar-refractivity contribution is 6.75. The summed E-state index contributed by atoms with van der Waals surface area (Å²) in [6.45, 7) is 30.6. The van der Waals surface area contributed by atoms with Crippen LogP contribution in [-0.4, -0.2) is 63.0 Å². The van der Waals surface area contributed by atoms with Crippen molar-refractivity contribution in [2.24, 2.45) is 0 Å². The Morgan fingerprint density at radius 2 is 0.872 bits per heavy atom. The number of halogens is 14. The number of carbonyl (C=O) groups is 3. The topological polar surface area (TPSA) is 89.9 Å². The monoisotopic (exact) mass is 1360 g/mol. The Balaban J connectivity index is 0.000000161. The number of hydrogen-bond donors (Lipinski definition) is 1. The van der Waals surface area contributed by atoms with Crippen molar-refractivity contribution < 1.29 is 89.8 Å². The van der Waals surface area contributed by atoms with E-state index in [0.29, 0.717) is 62.9 Å². The first-order chi connectivity index (χ1) is 43.1. The van der Waals surface area contributed by atoms with Crippen molar-refractivity contribution in [2.45, 2.75) is 200 Å². The number of Topliss-reactive ketones (excluding diaryl/α,β-unsaturated/α-hetero) is 3. The molecule has 0 aliphatic heterocycles. The number of aliphatic hydroxyl groups excluding tert-OH is 1. The minimum Gasteiger partial charge on any atom is -0.541 e. The maximum Gasteiger partial charge on any atom is 0.313 e. The standard InChI is InChI=1S/C16H23F3OSi.C16H22F2OSi.C10H9F3O.C10H7F3O.C10H8F2O.C10H9FO/c1-10-7-8-12(17)11-9-16(18,19)14(13(10)11)20-21(5,6)15(2,3)4;1-10-7-8-12(17)11-9-13(18)15(14(10)11)19-20(5,6)16(2,3)4;2*1-5-2-3-7(11)6-4-10(12,13)9(14)8(5)6;1-5-2-3-7(11)6-4-8(12)10(13)9(5)6;1-6-2-4-8(11)7-3-5-9(12)10(6)7/h7-8,14H,9H2,1-6H3;7-8H,9H2,1-6H3;2-3,9,14H,4H2,1H3;2-3H,4H2,1H3;2-3,8H,4H2,1H3;2,4H,3,5H2,1H3/t14-;;9-;;;/m0.0.../s1. The van der Waals surface area contributed by atoms with Gasteiger partial charge in [-0.15, -0.1) is 0 Å². The molecule has 6 aliphatic carbocycles. The van der Waals surface area contributed by atoms with Gasteiger partial charge in [0.05, 0.1) is 0 Å². The molecule has 12 rings (SSSR count). The Hall–Kier alpha value is -6.76. The van der Waals surface area contributed by atoms with E-state index in [1.54, 1.807) is 39.0 Å². The quantitative estimate of drug-likeness (QED) is 0.140. The summed E-state index contributed by atoms with van der Waals surface area (Å²) in [4.78, 5) is 33.7. The number of benzene rings is 6. The molecule has 22 heteroatoms. The van der Waals surface area contributed by atoms with Crippen LogP contribution in [0.1, 0.15) is 175 Å². The third kappa shape index (κ3) is 14.9. The second-order valence-electron chi connectivity index (χ2n) is 27.9. The number of carbonyl (C=O) groups excluding carboxylic acids is 3. The zero-order chi connectivity index (χ0) is 70.8. The summed E-state index contributed by atoms with van der Waals surface area (Å²) >= 11 is 0. The van der Waals surface area contributed by atoms with Crippen LogP contribution in [-0.2, 0) is 47.4 Å². The van der Waals surface area contributed by atoms with Crippen molar-refractivity contribution in [3.63, 3.8) is 0 Å². The number of allylic oxidation sites excluding steroid dienone is 1. The molecule has 3 atom stereocenters. The summed E-state index contributed by atoms with van der Waals surface area (Å²) in [5.41, 5.74) is 6.92. The van der Waals surface area contributed by atoms with Gasteiger partial charge in [0.15, 0.2) is 26.1 Å². The van der Waals surface area contributed by atoms with Crippen LogP contribution >= 0.6 is 0 Å². The summed E-state index contributed by atoms with van der Waals surface area (Å²) in [5.74, 6) is -14.6. The summed E-state index contributed by atoms with van der Waals surface area (Å²) in [7, 11) is -4.51. The number of fused-ring (bicyclic) bond motifs is 6. The average molecular weight is 1360 g/mol. The Kier molecular flexibility index (Phi) is 21.5. The van der Waals surface area contributed by atoms with Crippen molar-refractivity contribution >= 4 is 39.7 Å². The molecule has 6 aromatic carbocycles. The minimum absolute atomic E-state index is 0.00675. The molecule has 1 N–H and O–H groups in total. The molecule has 6 nitrogen and oxygen atoms in total. The first-order valence-electron chi connectivity index (χ1n) is 30.6. The van der Waals surface area contributed by atoms with E-state index in [1.165, 1.54) is 49.4 Å². The van der Waals surface area contributed by atoms with Gasteiger partial charge in [-0.05, 0) is 171 Å². The van der Waals surface area contributed by atoms with Crippen molar-refractivity contribution in [2.75, 3.05) is 0 Å². The zero-order valence-corrected chi connectivity index (χ0v) is 57.4. The van der Waals surface area contributed by atoms with E-state index in [2.05, 4.69) is 33.9 Å². The average Bonchev–Trinajstić information content (AvgIpc) is 1.62. The first-order valence-corrected chi connectivity index (χ1v) is 36.4. The number of aryl methyl sites for hydroxylation is 6. The molecular formula is C72H78F14O6Si2. The van der Waals surface area contributed by atoms with Gasteiger partial charge in [0.25, 0.3) is 20.2 Å². The Morgan fingerprint density at radius 3 is 1.34 bits per heavy atom. The molecule has 0 radical (unpaired) electrons. The molecule has 6 aliphatic rings. The van der Waals surface area contributed by atoms with Crippen molar-refractivity contribution in [3.05, 3.63) is 214 Å². The lowest BCUT2D eigenvalue weighted by Crippen LogP contribution is -2.44. The molecule has 6 aromatic rings. The molecule has 0 heterocycles. The van der Waals surface area contributed by atoms with Gasteiger partial charge in [-0.1, -0.05) is 77.9 Å². The van der Waals surface area contributed by atoms with Crippen LogP contribution in [0.25, 0.3) is 5.76 Å². The third-order valence-electron chi connectivity index (χ3n) is 19.0. The van der Waals surface area contributed by atoms with Gasteiger partial charge in [0.2, 0.25) is 5.78 Å². The van der Waals surface area contributed by atoms with Gasteiger partial charge in [-0.3, -0.25) is 14.4 Å². The molecule has 0 bridgehead atoms. The van der Waals surface area contributed by atoms with Crippen LogP contribution in [0, 0.1) is 76.4 Å². The maximum absolute atomic E-state index is 14.4. The van der Waals surface area contributed by atoms with E-state index < -0.39 is 107 Å². The lowest BCUT2D eigenvalue weighted by atomic mass is 10.0. The molecule has 0 saturated carbocycles. The SMILES string of the molecule is Cc1ccc(F)c2c1C(=O)C(F)(F)C2.Cc1ccc(F)c2c1C(=O)C(F)C2.Cc1ccc(F)c2c1C(=O)CC2.Cc1ccc(F)c2c1C(O[Si](C)(C)C(C)(C)C)=C(F)C2.Cc1ccc(F)c2c1[C@H](O)C(F)(F)C2.Cc1ccc(F)c2c1[C@H](O[Si](C)(C)C(C)(C)C)C(F)(F)C2. The molecular weight excluding hydrogens is 1280 g/mol. The number of ketones is 3. The molecule has 94 heavy (non-hydrogen) atoms. The summed E-state index contributed by atoms with van der Waals surface area (Å²) in [5, 5.41) is 9.10. The Morgan fingerprint density at radius 1 is 0.468 bits per heavy atom. The molecule has 0 aromatic heterocycles. The normalized spacial score (nSPS) is 19.1. The summed E-state index contributed by atoms with van der Waals surface area (Å²) in [6, 6.07) is 16.8. The van der Waals surface area contributed by atoms with Gasteiger partial charge in [-0.2, -0.15) is 8.78 Å². The lowest BCUT2D eigenvalue weighted by Gasteiger charge is -2.40. The van der Waals surface area contributed by atoms with Gasteiger partial charge < -0.3 is 14.0 Å². The highest BCUT2D eigenvalue weighted by atomic mass is 28.4. The number of hydrogen-bond acceptors (Lipinski definition) is 6. The van der Waals surface area contributed by atoms with Crippen LogP contribution in [0.4, 0.5) is 61.5 Å². The number of rotatable bonds is 4. The molecule has 1 unspecified atom stereocenters. The third-order valence-corrected chi connectivity index (χ3v) is 27.7. The Bertz CT molecular complexity index is 4010. The first kappa shape index (κ1) is 74.6. The van der Waals surface area contributed by atoms with E-state index in [1.807, 2.05) is 47.7 Å². The van der Waals surface area contributed by atoms with Crippen LogP contribution < -0.4 is 0 Å². The smallest absolute Gasteiger partial charge is 0.313 e. The van der Waals surface area contributed by atoms with Gasteiger partial charge in [0.1, 0.15) is 58.7 Å². The predicted octanol–water partition coefficient (Wildman–Crippen LogP) is 20.1. The molecule has 0 saturated heterocycles. The second kappa shape index (κ2) is 27.0. The van der Waals surface area contributed by atoms with Gasteiger partial charge in [-0.25, -0.2) is 52.7 Å². The summed E-state index contributed by atoms with van der Waals surface area (Å²) < 4.78 is 200. The lowest BCUT2D eigenvalue weighted by molar-refractivity contribution is -0.0971. The Labute approximate surface area is 541 Å². The van der Waals surface area contributed by atoms with Gasteiger partial charge in [0, 0.05) is 88.6 Å². The van der Waals surface area contributed by atoms with E-state index in [0.717, 1.165) is 23.3 Å². The van der Waals surface area contributed by atoms with Crippen LogP contribution in [0.15, 0.2) is 78.6 Å². The predicted molar refractivity (Wildman–Crippen MR) is 339 cm³/mol. The van der Waals surface area contributed by atoms with E-state index in [9.17, 15) is 81.0 Å². The molecule has 508 valence electrons. The van der Waals surface area contributed by atoms with Crippen LogP contribution in [0.3, 0.4) is 0 Å². The molecule has 0 fully saturated rings. The van der Waals surface area contributed by atoms with Crippen LogP contribution in [0.5, 0.6) is 0 Å². The van der Waals surface area contributed by atoms with Crippen molar-refractivity contribution in [1.29, 1.82) is 0 Å². The second-order valence-corrected chi connectivity index (χ2v) is 37.3. The summed E-state index contributed by atoms with van der Waals surface area (Å²) in [6.07, 6.45) is -5.91. The molecule has 0 spiro atoms. The van der Waals surface area contributed by atoms with Gasteiger partial charge >= 0.3 is 5.92 Å². The zero-order valence-electron chi connectivity index (χ0n) is 55.4. The highest BCUT2D eigenvalue weighted by Gasteiger charge is 2.55. The van der Waals surface area contributed by atoms with Crippen molar-refractivity contribution in [3.8, 4) is 0 Å². The maximum atomic E-state index is 14.4. The minimum atomic E-state index is -3.44. The van der Waals surface area contributed by atoms with E-state index >= 15 is 0 Å². The van der Waals surface area contributed by atoms with Crippen LogP contribution in [0.2, 0.25) is 36.3 Å². The van der Waals surface area contributed by atoms with Crippen molar-refractivity contribution in [1.82, 2.24) is 0 Å². The fourth-order valence-electron chi connectivity index (χ4n) is 11.6.